The number of hydrogen-bond donors (Lipinski definition) is 1. The number of fused-ring (bicyclic) bond motifs is 1. The molecule has 1 fully saturated rings. The summed E-state index contributed by atoms with van der Waals surface area (Å²) in [6.45, 7) is 14.4. The fourth-order valence-corrected chi connectivity index (χ4v) is 4.21. The van der Waals surface area contributed by atoms with Crippen molar-refractivity contribution in [2.24, 2.45) is 0 Å². The quantitative estimate of drug-likeness (QED) is 0.506. The molecule has 8 heteroatoms. The summed E-state index contributed by atoms with van der Waals surface area (Å²) in [6, 6.07) is 9.89. The zero-order valence-corrected chi connectivity index (χ0v) is 21.7. The first-order valence-corrected chi connectivity index (χ1v) is 12.3. The Bertz CT molecular complexity index is 1180. The molecule has 3 aromatic heterocycles. The van der Waals surface area contributed by atoms with Gasteiger partial charge in [0.05, 0.1) is 29.7 Å². The monoisotopic (exact) mass is 479 g/mol. The van der Waals surface area contributed by atoms with Crippen molar-refractivity contribution in [2.75, 3.05) is 25.1 Å². The lowest BCUT2D eigenvalue weighted by molar-refractivity contribution is -0.0699. The van der Waals surface area contributed by atoms with E-state index in [0.717, 1.165) is 48.4 Å². The maximum atomic E-state index is 12.2. The number of amides is 1. The number of anilines is 1. The first kappa shape index (κ1) is 25.1. The van der Waals surface area contributed by atoms with Crippen molar-refractivity contribution in [3.05, 3.63) is 48.4 Å². The molecule has 1 atom stereocenters. The van der Waals surface area contributed by atoms with Crippen LogP contribution in [0.15, 0.2) is 42.7 Å². The lowest BCUT2D eigenvalue weighted by Gasteiger charge is -2.34. The van der Waals surface area contributed by atoms with Crippen LogP contribution in [0, 0.1) is 0 Å². The van der Waals surface area contributed by atoms with E-state index in [1.54, 1.807) is 10.6 Å². The summed E-state index contributed by atoms with van der Waals surface area (Å²) in [4.78, 5) is 19.6. The second kappa shape index (κ2) is 9.95. The van der Waals surface area contributed by atoms with Crippen molar-refractivity contribution in [3.63, 3.8) is 0 Å². The summed E-state index contributed by atoms with van der Waals surface area (Å²) in [5, 5.41) is 7.29. The Morgan fingerprint density at radius 3 is 2.69 bits per heavy atom. The minimum Gasteiger partial charge on any atom is -0.444 e. The van der Waals surface area contributed by atoms with Gasteiger partial charge in [0, 0.05) is 42.1 Å². The van der Waals surface area contributed by atoms with Crippen molar-refractivity contribution in [1.82, 2.24) is 19.5 Å². The number of likely N-dealkylation sites (tertiary alicyclic amines) is 1. The zero-order valence-electron chi connectivity index (χ0n) is 21.7. The Hall–Kier alpha value is -2.97. The van der Waals surface area contributed by atoms with Gasteiger partial charge in [0.25, 0.3) is 0 Å². The van der Waals surface area contributed by atoms with Crippen LogP contribution < -0.4 is 5.32 Å². The first-order chi connectivity index (χ1) is 16.5. The van der Waals surface area contributed by atoms with Crippen LogP contribution in [0.1, 0.15) is 66.0 Å². The average molecular weight is 480 g/mol. The van der Waals surface area contributed by atoms with E-state index in [-0.39, 0.29) is 5.60 Å². The Kier molecular flexibility index (Phi) is 7.15. The molecular formula is C27H37N5O3. The van der Waals surface area contributed by atoms with Crippen molar-refractivity contribution in [3.8, 4) is 11.3 Å². The minimum atomic E-state index is -0.562. The molecule has 0 aromatic carbocycles. The number of rotatable bonds is 5. The molecule has 4 heterocycles. The smallest absolute Gasteiger partial charge is 0.412 e. The van der Waals surface area contributed by atoms with E-state index in [1.807, 2.05) is 45.3 Å². The summed E-state index contributed by atoms with van der Waals surface area (Å²) < 4.78 is 13.2. The van der Waals surface area contributed by atoms with E-state index < -0.39 is 11.7 Å². The third kappa shape index (κ3) is 6.80. The van der Waals surface area contributed by atoms with Crippen LogP contribution in [-0.4, -0.2) is 56.6 Å². The van der Waals surface area contributed by atoms with Crippen molar-refractivity contribution >= 4 is 17.3 Å². The molecule has 1 aliphatic rings. The number of carbonyl (C=O) groups excluding carboxylic acids is 1. The molecule has 1 N–H and O–H groups in total. The zero-order chi connectivity index (χ0) is 25.2. The summed E-state index contributed by atoms with van der Waals surface area (Å²) >= 11 is 0. The first-order valence-electron chi connectivity index (χ1n) is 12.3. The molecule has 4 rings (SSSR count). The molecule has 35 heavy (non-hydrogen) atoms. The molecule has 0 aliphatic carbocycles. The van der Waals surface area contributed by atoms with Crippen LogP contribution in [0.5, 0.6) is 0 Å². The second-order valence-electron chi connectivity index (χ2n) is 11.2. The Balaban J connectivity index is 1.53. The van der Waals surface area contributed by atoms with Crippen molar-refractivity contribution < 1.29 is 14.3 Å². The molecule has 1 unspecified atom stereocenters. The predicted octanol–water partition coefficient (Wildman–Crippen LogP) is 5.70. The molecule has 0 radical (unpaired) electrons. The highest BCUT2D eigenvalue weighted by molar-refractivity contribution is 5.88. The number of pyridine rings is 2. The molecule has 188 valence electrons. The van der Waals surface area contributed by atoms with Crippen LogP contribution >= 0.6 is 0 Å². The number of hydrogen-bond acceptors (Lipinski definition) is 6. The maximum Gasteiger partial charge on any atom is 0.412 e. The lowest BCUT2D eigenvalue weighted by Crippen LogP contribution is -2.38. The van der Waals surface area contributed by atoms with E-state index in [4.69, 9.17) is 14.5 Å². The lowest BCUT2D eigenvalue weighted by atomic mass is 9.94. The van der Waals surface area contributed by atoms with Gasteiger partial charge in [-0.1, -0.05) is 6.07 Å². The highest BCUT2D eigenvalue weighted by Crippen LogP contribution is 2.30. The van der Waals surface area contributed by atoms with Gasteiger partial charge in [-0.3, -0.25) is 15.2 Å². The third-order valence-electron chi connectivity index (χ3n) is 5.82. The normalized spacial score (nSPS) is 17.5. The molecule has 0 saturated carbocycles. The fourth-order valence-electron chi connectivity index (χ4n) is 4.21. The topological polar surface area (TPSA) is 81.0 Å². The van der Waals surface area contributed by atoms with Gasteiger partial charge in [-0.05, 0) is 78.6 Å². The van der Waals surface area contributed by atoms with Gasteiger partial charge in [0.2, 0.25) is 0 Å². The van der Waals surface area contributed by atoms with Crippen molar-refractivity contribution in [1.29, 1.82) is 0 Å². The van der Waals surface area contributed by atoms with E-state index in [0.29, 0.717) is 18.3 Å². The molecule has 8 nitrogen and oxygen atoms in total. The highest BCUT2D eigenvalue weighted by Gasteiger charge is 2.24. The van der Waals surface area contributed by atoms with E-state index >= 15 is 0 Å². The highest BCUT2D eigenvalue weighted by atomic mass is 16.6. The summed E-state index contributed by atoms with van der Waals surface area (Å²) in [6.07, 6.45) is 5.40. The van der Waals surface area contributed by atoms with Crippen LogP contribution in [0.4, 0.5) is 10.5 Å². The van der Waals surface area contributed by atoms with Crippen LogP contribution in [0.25, 0.3) is 16.8 Å². The van der Waals surface area contributed by atoms with Crippen LogP contribution in [-0.2, 0) is 9.47 Å². The number of nitrogens with zero attached hydrogens (tertiary/aromatic N) is 4. The largest absolute Gasteiger partial charge is 0.444 e. The van der Waals surface area contributed by atoms with Crippen LogP contribution in [0.3, 0.4) is 0 Å². The molecule has 1 saturated heterocycles. The van der Waals surface area contributed by atoms with E-state index in [2.05, 4.69) is 48.2 Å². The second-order valence-corrected chi connectivity index (χ2v) is 11.2. The number of piperidine rings is 1. The van der Waals surface area contributed by atoms with Gasteiger partial charge in [-0.25, -0.2) is 9.31 Å². The van der Waals surface area contributed by atoms with Gasteiger partial charge in [-0.2, -0.15) is 5.10 Å². The standard InChI is InChI=1S/C27H37N5O3/c1-26(2,3)34-18-31-13-8-9-19(17-31)22-10-7-11-23(30-22)21-16-28-32-14-12-20(15-24(21)32)29-25(33)35-27(4,5)6/h7,10-12,14-16,19H,8-9,13,17-18H2,1-6H3,(H,29,33). The Morgan fingerprint density at radius 1 is 1.14 bits per heavy atom. The van der Waals surface area contributed by atoms with Gasteiger partial charge in [0.15, 0.2) is 0 Å². The average Bonchev–Trinajstić information content (AvgIpc) is 3.19. The number of ether oxygens (including phenoxy) is 2. The molecule has 0 bridgehead atoms. The van der Waals surface area contributed by atoms with E-state index in [1.165, 1.54) is 0 Å². The molecule has 1 aliphatic heterocycles. The van der Waals surface area contributed by atoms with Gasteiger partial charge >= 0.3 is 6.09 Å². The summed E-state index contributed by atoms with van der Waals surface area (Å²) in [5.74, 6) is 0.360. The molecule has 1 amide bonds. The van der Waals surface area contributed by atoms with Gasteiger partial charge < -0.3 is 9.47 Å². The fraction of sp³-hybridized carbons (Fsp3) is 0.519. The molecule has 3 aromatic rings. The van der Waals surface area contributed by atoms with Crippen molar-refractivity contribution in [2.45, 2.75) is 71.5 Å². The number of nitrogens with one attached hydrogen (secondary N) is 1. The molecular weight excluding hydrogens is 442 g/mol. The molecule has 0 spiro atoms. The van der Waals surface area contributed by atoms with Crippen LogP contribution in [0.2, 0.25) is 0 Å². The van der Waals surface area contributed by atoms with E-state index in [9.17, 15) is 4.79 Å². The third-order valence-corrected chi connectivity index (χ3v) is 5.82. The Morgan fingerprint density at radius 2 is 1.94 bits per heavy atom. The SMILES string of the molecule is CC(C)(C)OCN1CCCC(c2cccc(-c3cnn4ccc(NC(=O)OC(C)(C)C)cc34)n2)C1. The maximum absolute atomic E-state index is 12.2. The number of aromatic nitrogens is 3. The van der Waals surface area contributed by atoms with Gasteiger partial charge in [0.1, 0.15) is 5.60 Å². The predicted molar refractivity (Wildman–Crippen MR) is 138 cm³/mol. The minimum absolute atomic E-state index is 0.147. The summed E-state index contributed by atoms with van der Waals surface area (Å²) in [5.41, 5.74) is 3.68. The Labute approximate surface area is 207 Å². The van der Waals surface area contributed by atoms with Gasteiger partial charge in [-0.15, -0.1) is 0 Å². The summed E-state index contributed by atoms with van der Waals surface area (Å²) in [7, 11) is 0. The number of carbonyl (C=O) groups is 1.